The molecule has 0 unspecified atom stereocenters. The highest BCUT2D eigenvalue weighted by Gasteiger charge is 2.55. The number of nitrogens with one attached hydrogen (secondary N) is 2. The lowest BCUT2D eigenvalue weighted by molar-refractivity contribution is -0.154. The lowest BCUT2D eigenvalue weighted by atomic mass is 9.77. The number of β-lactam (4-membered cyclic amide) rings is 1. The van der Waals surface area contributed by atoms with E-state index >= 15 is 0 Å². The fourth-order valence-corrected chi connectivity index (χ4v) is 10.5. The molecular weight excluding hydrogens is 827 g/mol. The normalized spacial score (nSPS) is 16.3. The molecule has 2 atom stereocenters. The number of anilines is 1. The van der Waals surface area contributed by atoms with Crippen LogP contribution in [0.2, 0.25) is 0 Å². The van der Waals surface area contributed by atoms with Crippen molar-refractivity contribution < 1.29 is 28.8 Å². The van der Waals surface area contributed by atoms with E-state index in [0.717, 1.165) is 39.6 Å². The number of thiazole rings is 1. The van der Waals surface area contributed by atoms with E-state index in [2.05, 4.69) is 52.2 Å². The average Bonchev–Trinajstić information content (AvgIpc) is 3.77. The van der Waals surface area contributed by atoms with Gasteiger partial charge in [0, 0.05) is 23.0 Å². The number of carbonyl (C=O) groups excluding carboxylic acids is 4. The summed E-state index contributed by atoms with van der Waals surface area (Å²) in [6.45, 7) is 1.40. The Morgan fingerprint density at radius 1 is 0.803 bits per heavy atom. The van der Waals surface area contributed by atoms with E-state index in [9.17, 15) is 19.2 Å². The van der Waals surface area contributed by atoms with Gasteiger partial charge in [-0.25, -0.2) is 9.78 Å². The molecule has 1 saturated heterocycles. The Bertz CT molecular complexity index is 2460. The Morgan fingerprint density at radius 3 is 1.80 bits per heavy atom. The first kappa shape index (κ1) is 41.3. The van der Waals surface area contributed by atoms with E-state index in [1.54, 1.807) is 5.38 Å². The van der Waals surface area contributed by atoms with Crippen molar-refractivity contribution in [2.75, 3.05) is 18.2 Å². The number of thioether (sulfide) groups is 2. The minimum absolute atomic E-state index is 0.0176. The van der Waals surface area contributed by atoms with Gasteiger partial charge in [-0.05, 0) is 27.8 Å². The first-order chi connectivity index (χ1) is 29.8. The van der Waals surface area contributed by atoms with Gasteiger partial charge in [-0.15, -0.1) is 23.1 Å². The molecule has 1 fully saturated rings. The number of ether oxygens (including phenoxy) is 1. The van der Waals surface area contributed by atoms with E-state index in [1.807, 2.05) is 115 Å². The number of oxime groups is 1. The SMILES string of the molecule is CO/N=C(\C(=O)N[C@@H]1C(=O)N2C(C(=O)OC(c3ccccc3)c3ccccc3)=C(SC(C)=O)CS[C@H]12)c1csc(NC(c2ccccc2)(c2ccccc2)c2ccccc2)n1. The third-order valence-electron chi connectivity index (χ3n) is 10.2. The van der Waals surface area contributed by atoms with Gasteiger partial charge in [0.25, 0.3) is 11.8 Å². The molecule has 2 aliphatic heterocycles. The molecule has 0 radical (unpaired) electrons. The predicted octanol–water partition coefficient (Wildman–Crippen LogP) is 8.12. The van der Waals surface area contributed by atoms with Crippen molar-refractivity contribution in [3.8, 4) is 0 Å². The van der Waals surface area contributed by atoms with Crippen LogP contribution in [0, 0.1) is 0 Å². The maximum atomic E-state index is 14.2. The molecule has 3 heterocycles. The van der Waals surface area contributed by atoms with Crippen LogP contribution in [-0.4, -0.2) is 62.8 Å². The second-order valence-corrected chi connectivity index (χ2v) is 17.2. The molecule has 1 aromatic heterocycles. The number of esters is 1. The zero-order valence-electron chi connectivity index (χ0n) is 33.0. The fraction of sp³-hybridized carbons (Fsp3) is 0.149. The summed E-state index contributed by atoms with van der Waals surface area (Å²) < 4.78 is 6.18. The number of nitrogens with zero attached hydrogens (tertiary/aromatic N) is 3. The van der Waals surface area contributed by atoms with Gasteiger partial charge in [-0.1, -0.05) is 169 Å². The molecule has 0 saturated carbocycles. The van der Waals surface area contributed by atoms with Gasteiger partial charge in [0.2, 0.25) is 0 Å². The highest BCUT2D eigenvalue weighted by Crippen LogP contribution is 2.45. The minimum atomic E-state index is -1.02. The highest BCUT2D eigenvalue weighted by molar-refractivity contribution is 8.17. The molecule has 6 aromatic rings. The lowest BCUT2D eigenvalue weighted by Crippen LogP contribution is -2.71. The minimum Gasteiger partial charge on any atom is -0.448 e. The summed E-state index contributed by atoms with van der Waals surface area (Å²) in [5.41, 5.74) is 3.61. The second kappa shape index (κ2) is 18.4. The van der Waals surface area contributed by atoms with Crippen molar-refractivity contribution in [1.82, 2.24) is 15.2 Å². The third-order valence-corrected chi connectivity index (χ3v) is 13.3. The highest BCUT2D eigenvalue weighted by atomic mass is 32.2. The van der Waals surface area contributed by atoms with E-state index < -0.39 is 40.8 Å². The van der Waals surface area contributed by atoms with Crippen LogP contribution in [0.4, 0.5) is 5.13 Å². The number of carbonyl (C=O) groups is 4. The summed E-state index contributed by atoms with van der Waals surface area (Å²) >= 11 is 3.51. The van der Waals surface area contributed by atoms with Gasteiger partial charge in [0.05, 0.1) is 0 Å². The number of aromatic nitrogens is 1. The number of rotatable bonds is 14. The first-order valence-corrected chi connectivity index (χ1v) is 22.0. The summed E-state index contributed by atoms with van der Waals surface area (Å²) in [5.74, 6) is -1.75. The van der Waals surface area contributed by atoms with Gasteiger partial charge in [0.15, 0.2) is 22.1 Å². The zero-order valence-corrected chi connectivity index (χ0v) is 35.4. The Balaban J connectivity index is 1.05. The van der Waals surface area contributed by atoms with Crippen LogP contribution >= 0.6 is 34.9 Å². The molecule has 2 aliphatic rings. The monoisotopic (exact) mass is 865 g/mol. The molecule has 61 heavy (non-hydrogen) atoms. The van der Waals surface area contributed by atoms with E-state index in [-0.39, 0.29) is 28.0 Å². The Kier molecular flexibility index (Phi) is 12.5. The molecule has 5 aromatic carbocycles. The molecule has 8 rings (SSSR count). The Hall–Kier alpha value is -6.48. The average molecular weight is 866 g/mol. The van der Waals surface area contributed by atoms with Gasteiger partial charge in [-0.2, -0.15) is 0 Å². The van der Waals surface area contributed by atoms with E-state index in [4.69, 9.17) is 14.6 Å². The summed E-state index contributed by atoms with van der Waals surface area (Å²) in [6.07, 6.45) is -0.783. The maximum absolute atomic E-state index is 14.2. The van der Waals surface area contributed by atoms with Crippen LogP contribution in [0.15, 0.2) is 173 Å². The number of fused-ring (bicyclic) bond motifs is 1. The van der Waals surface area contributed by atoms with Crippen LogP contribution < -0.4 is 10.6 Å². The molecule has 0 spiro atoms. The third kappa shape index (κ3) is 8.47. The molecule has 306 valence electrons. The largest absolute Gasteiger partial charge is 0.448 e. The van der Waals surface area contributed by atoms with Crippen molar-refractivity contribution >= 4 is 68.6 Å². The van der Waals surface area contributed by atoms with Crippen LogP contribution in [0.5, 0.6) is 0 Å². The molecular formula is C47H39N5O6S3. The topological polar surface area (TPSA) is 139 Å². The standard InChI is InChI=1S/C47H39N5O6S3/c1-30(53)61-37-29-59-44-39(43(55)52(44)40(37)45(56)58-41(31-18-8-3-9-19-31)32-20-10-4-11-21-32)49-42(54)38(51-57-2)36-28-60-46(48-36)50-47(33-22-12-5-13-23-33,34-24-14-6-15-25-34)35-26-16-7-17-27-35/h3-28,39,41,44H,29H2,1-2H3,(H,48,50)(H,49,54)/b51-38-/t39-,44-/m1/s1. The molecule has 0 aliphatic carbocycles. The van der Waals surface area contributed by atoms with Crippen LogP contribution in [0.1, 0.15) is 46.5 Å². The molecule has 11 nitrogen and oxygen atoms in total. The summed E-state index contributed by atoms with van der Waals surface area (Å²) in [7, 11) is 1.33. The van der Waals surface area contributed by atoms with Crippen molar-refractivity contribution in [1.29, 1.82) is 0 Å². The number of benzene rings is 5. The molecule has 2 amide bonds. The number of hydrogen-bond acceptors (Lipinski definition) is 12. The van der Waals surface area contributed by atoms with Gasteiger partial charge in [0.1, 0.15) is 35.5 Å². The van der Waals surface area contributed by atoms with Gasteiger partial charge in [-0.3, -0.25) is 19.3 Å². The van der Waals surface area contributed by atoms with E-state index in [0.29, 0.717) is 10.0 Å². The summed E-state index contributed by atoms with van der Waals surface area (Å²) in [6, 6.07) is 47.7. The van der Waals surface area contributed by atoms with Crippen LogP contribution in [0.3, 0.4) is 0 Å². The van der Waals surface area contributed by atoms with E-state index in [1.165, 1.54) is 42.0 Å². The summed E-state index contributed by atoms with van der Waals surface area (Å²) in [4.78, 5) is 66.4. The van der Waals surface area contributed by atoms with Crippen molar-refractivity contribution in [3.05, 3.63) is 201 Å². The smallest absolute Gasteiger partial charge is 0.356 e. The van der Waals surface area contributed by atoms with Crippen LogP contribution in [-0.2, 0) is 34.3 Å². The molecule has 2 N–H and O–H groups in total. The van der Waals surface area contributed by atoms with Crippen LogP contribution in [0.25, 0.3) is 0 Å². The van der Waals surface area contributed by atoms with Crippen molar-refractivity contribution in [2.24, 2.45) is 5.16 Å². The summed E-state index contributed by atoms with van der Waals surface area (Å²) in [5, 5.41) is 11.9. The Morgan fingerprint density at radius 2 is 1.31 bits per heavy atom. The predicted molar refractivity (Wildman–Crippen MR) is 240 cm³/mol. The fourth-order valence-electron chi connectivity index (χ4n) is 7.47. The second-order valence-electron chi connectivity index (χ2n) is 14.0. The maximum Gasteiger partial charge on any atom is 0.356 e. The molecule has 0 bridgehead atoms. The van der Waals surface area contributed by atoms with Crippen molar-refractivity contribution in [2.45, 2.75) is 30.0 Å². The van der Waals surface area contributed by atoms with Gasteiger partial charge >= 0.3 is 5.97 Å². The molecule has 14 heteroatoms. The number of amides is 2. The first-order valence-electron chi connectivity index (χ1n) is 19.3. The Labute approximate surface area is 365 Å². The van der Waals surface area contributed by atoms with Gasteiger partial charge < -0.3 is 20.2 Å². The zero-order chi connectivity index (χ0) is 42.3. The quantitative estimate of drug-likeness (QED) is 0.0363. The van der Waals surface area contributed by atoms with Crippen molar-refractivity contribution in [3.63, 3.8) is 0 Å². The number of hydrogen-bond donors (Lipinski definition) is 2. The lowest BCUT2D eigenvalue weighted by Gasteiger charge is -2.49.